The van der Waals surface area contributed by atoms with Gasteiger partial charge in [-0.15, -0.1) is 0 Å². The second-order valence-electron chi connectivity index (χ2n) is 3.33. The van der Waals surface area contributed by atoms with Crippen LogP contribution in [0.5, 0.6) is 0 Å². The van der Waals surface area contributed by atoms with Gasteiger partial charge in [-0.2, -0.15) is 5.10 Å². The predicted molar refractivity (Wildman–Crippen MR) is 57.7 cm³/mol. The Morgan fingerprint density at radius 2 is 2.40 bits per heavy atom. The van der Waals surface area contributed by atoms with Crippen LogP contribution < -0.4 is 5.73 Å². The van der Waals surface area contributed by atoms with E-state index in [4.69, 9.17) is 21.8 Å². The molecule has 0 fully saturated rings. The van der Waals surface area contributed by atoms with Crippen LogP contribution in [0.3, 0.4) is 0 Å². The van der Waals surface area contributed by atoms with E-state index in [1.807, 2.05) is 13.0 Å². The average Bonchev–Trinajstić information content (AvgIpc) is 2.75. The van der Waals surface area contributed by atoms with Crippen LogP contribution >= 0.6 is 11.6 Å². The highest BCUT2D eigenvalue weighted by molar-refractivity contribution is 6.31. The van der Waals surface area contributed by atoms with E-state index in [-0.39, 0.29) is 0 Å². The molecule has 2 aromatic heterocycles. The second kappa shape index (κ2) is 4.08. The second-order valence-corrected chi connectivity index (χ2v) is 3.74. The van der Waals surface area contributed by atoms with E-state index < -0.39 is 0 Å². The fourth-order valence-corrected chi connectivity index (χ4v) is 1.56. The van der Waals surface area contributed by atoms with E-state index >= 15 is 0 Å². The summed E-state index contributed by atoms with van der Waals surface area (Å²) < 4.78 is 7.07. The molecular weight excluding hydrogens is 214 g/mol. The van der Waals surface area contributed by atoms with E-state index in [2.05, 4.69) is 5.10 Å². The topological polar surface area (TPSA) is 57.0 Å². The molecule has 0 aliphatic rings. The molecule has 0 bridgehead atoms. The van der Waals surface area contributed by atoms with Gasteiger partial charge < -0.3 is 10.2 Å². The number of halogens is 1. The highest BCUT2D eigenvalue weighted by Crippen LogP contribution is 2.15. The van der Waals surface area contributed by atoms with Crippen LogP contribution in [-0.2, 0) is 13.1 Å². The van der Waals surface area contributed by atoms with Crippen molar-refractivity contribution in [1.82, 2.24) is 9.78 Å². The van der Waals surface area contributed by atoms with Gasteiger partial charge in [0.2, 0.25) is 0 Å². The van der Waals surface area contributed by atoms with E-state index in [0.717, 1.165) is 17.0 Å². The molecule has 0 spiro atoms. The highest BCUT2D eigenvalue weighted by Gasteiger charge is 2.08. The van der Waals surface area contributed by atoms with E-state index in [1.54, 1.807) is 17.1 Å². The summed E-state index contributed by atoms with van der Waals surface area (Å²) in [4.78, 5) is 0. The van der Waals surface area contributed by atoms with Crippen LogP contribution in [0, 0.1) is 6.92 Å². The first-order valence-electron chi connectivity index (χ1n) is 4.65. The fraction of sp³-hybridized carbons (Fsp3) is 0.300. The van der Waals surface area contributed by atoms with Gasteiger partial charge in [0.25, 0.3) is 0 Å². The zero-order valence-electron chi connectivity index (χ0n) is 8.40. The molecule has 4 nitrogen and oxygen atoms in total. The van der Waals surface area contributed by atoms with Crippen LogP contribution in [0.1, 0.15) is 17.0 Å². The molecule has 2 N–H and O–H groups in total. The highest BCUT2D eigenvalue weighted by atomic mass is 35.5. The molecule has 0 amide bonds. The molecule has 0 aromatic carbocycles. The van der Waals surface area contributed by atoms with Gasteiger partial charge in [0.1, 0.15) is 5.76 Å². The quantitative estimate of drug-likeness (QED) is 0.869. The fourth-order valence-electron chi connectivity index (χ4n) is 1.41. The maximum Gasteiger partial charge on any atom is 0.129 e. The number of hydrogen-bond acceptors (Lipinski definition) is 3. The Kier molecular flexibility index (Phi) is 2.79. The number of rotatable bonds is 3. The molecule has 0 saturated heterocycles. The third-order valence-electron chi connectivity index (χ3n) is 2.25. The van der Waals surface area contributed by atoms with Crippen molar-refractivity contribution in [2.75, 3.05) is 0 Å². The van der Waals surface area contributed by atoms with Crippen molar-refractivity contribution in [1.29, 1.82) is 0 Å². The smallest absolute Gasteiger partial charge is 0.129 e. The molecule has 0 saturated carbocycles. The molecule has 2 heterocycles. The summed E-state index contributed by atoms with van der Waals surface area (Å²) in [6, 6.07) is 1.87. The van der Waals surface area contributed by atoms with Gasteiger partial charge in [0.05, 0.1) is 23.5 Å². The Labute approximate surface area is 92.6 Å². The van der Waals surface area contributed by atoms with Gasteiger partial charge in [0, 0.05) is 18.3 Å². The predicted octanol–water partition coefficient (Wildman–Crippen LogP) is 1.94. The molecule has 0 aliphatic carbocycles. The minimum Gasteiger partial charge on any atom is -0.467 e. The van der Waals surface area contributed by atoms with Crippen LogP contribution in [0.25, 0.3) is 0 Å². The van der Waals surface area contributed by atoms with Crippen LogP contribution in [-0.4, -0.2) is 9.78 Å². The lowest BCUT2D eigenvalue weighted by molar-refractivity contribution is 0.474. The van der Waals surface area contributed by atoms with Crippen LogP contribution in [0.4, 0.5) is 0 Å². The third-order valence-corrected chi connectivity index (χ3v) is 2.62. The van der Waals surface area contributed by atoms with Crippen molar-refractivity contribution >= 4 is 11.6 Å². The van der Waals surface area contributed by atoms with Crippen molar-refractivity contribution in [2.45, 2.75) is 20.0 Å². The monoisotopic (exact) mass is 225 g/mol. The van der Waals surface area contributed by atoms with Crippen molar-refractivity contribution in [3.63, 3.8) is 0 Å². The summed E-state index contributed by atoms with van der Waals surface area (Å²) in [5, 5.41) is 4.91. The Morgan fingerprint density at radius 1 is 1.60 bits per heavy atom. The van der Waals surface area contributed by atoms with Gasteiger partial charge in [-0.1, -0.05) is 11.6 Å². The lowest BCUT2D eigenvalue weighted by Crippen LogP contribution is -2.04. The molecule has 0 atom stereocenters. The Hall–Kier alpha value is -1.26. The maximum atomic E-state index is 5.90. The summed E-state index contributed by atoms with van der Waals surface area (Å²) >= 11 is 5.90. The first-order chi connectivity index (χ1) is 7.20. The number of nitrogens with two attached hydrogens (primary N) is 1. The van der Waals surface area contributed by atoms with Crippen molar-refractivity contribution in [2.24, 2.45) is 5.73 Å². The van der Waals surface area contributed by atoms with Gasteiger partial charge in [-0.05, 0) is 13.0 Å². The summed E-state index contributed by atoms with van der Waals surface area (Å²) in [5.74, 6) is 0.830. The van der Waals surface area contributed by atoms with Gasteiger partial charge >= 0.3 is 0 Å². The lowest BCUT2D eigenvalue weighted by atomic mass is 10.2. The van der Waals surface area contributed by atoms with Crippen LogP contribution in [0.15, 0.2) is 22.9 Å². The Bertz CT molecular complexity index is 441. The van der Waals surface area contributed by atoms with Crippen molar-refractivity contribution < 1.29 is 4.42 Å². The number of aromatic nitrogens is 2. The maximum absolute atomic E-state index is 5.90. The number of furan rings is 1. The summed E-state index contributed by atoms with van der Waals surface area (Å²) in [6.45, 7) is 2.90. The van der Waals surface area contributed by atoms with E-state index in [0.29, 0.717) is 18.1 Å². The molecular formula is C10H12ClN3O. The van der Waals surface area contributed by atoms with Gasteiger partial charge in [0.15, 0.2) is 0 Å². The molecule has 80 valence electrons. The molecule has 15 heavy (non-hydrogen) atoms. The minimum atomic E-state index is 0.472. The summed E-state index contributed by atoms with van der Waals surface area (Å²) in [5.41, 5.74) is 7.38. The molecule has 2 rings (SSSR count). The summed E-state index contributed by atoms with van der Waals surface area (Å²) in [6.07, 6.45) is 3.41. The normalized spacial score (nSPS) is 10.9. The van der Waals surface area contributed by atoms with E-state index in [1.165, 1.54) is 0 Å². The van der Waals surface area contributed by atoms with Gasteiger partial charge in [-0.3, -0.25) is 4.68 Å². The standard InChI is InChI=1S/C10H12ClN3O/c1-7-9(11)5-14(13-7)6-10-8(4-12)2-3-15-10/h2-3,5H,4,6,12H2,1H3. The largest absolute Gasteiger partial charge is 0.467 e. The zero-order chi connectivity index (χ0) is 10.8. The van der Waals surface area contributed by atoms with Crippen molar-refractivity contribution in [3.05, 3.63) is 40.6 Å². The van der Waals surface area contributed by atoms with Crippen LogP contribution in [0.2, 0.25) is 5.02 Å². The number of aryl methyl sites for hydroxylation is 1. The minimum absolute atomic E-state index is 0.472. The molecule has 0 radical (unpaired) electrons. The Balaban J connectivity index is 2.21. The zero-order valence-corrected chi connectivity index (χ0v) is 9.16. The molecule has 0 unspecified atom stereocenters. The number of nitrogens with zero attached hydrogens (tertiary/aromatic N) is 2. The average molecular weight is 226 g/mol. The molecule has 2 aromatic rings. The third kappa shape index (κ3) is 2.06. The molecule has 5 heteroatoms. The SMILES string of the molecule is Cc1nn(Cc2occc2CN)cc1Cl. The van der Waals surface area contributed by atoms with Crippen molar-refractivity contribution in [3.8, 4) is 0 Å². The first-order valence-corrected chi connectivity index (χ1v) is 5.03. The first kappa shape index (κ1) is 10.3. The summed E-state index contributed by atoms with van der Waals surface area (Å²) in [7, 11) is 0. The van der Waals surface area contributed by atoms with E-state index in [9.17, 15) is 0 Å². The van der Waals surface area contributed by atoms with Gasteiger partial charge in [-0.25, -0.2) is 0 Å². The molecule has 0 aliphatic heterocycles. The lowest BCUT2D eigenvalue weighted by Gasteiger charge is -2.00. The Morgan fingerprint density at radius 3 is 3.00 bits per heavy atom. The number of hydrogen-bond donors (Lipinski definition) is 1.